The zero-order valence-corrected chi connectivity index (χ0v) is 16.6. The molecule has 1 heterocycles. The highest BCUT2D eigenvalue weighted by Gasteiger charge is 2.32. The van der Waals surface area contributed by atoms with Gasteiger partial charge in [-0.3, -0.25) is 15.1 Å². The summed E-state index contributed by atoms with van der Waals surface area (Å²) in [5, 5.41) is 3.47. The van der Waals surface area contributed by atoms with Crippen LogP contribution in [0.5, 0.6) is 0 Å². The van der Waals surface area contributed by atoms with Gasteiger partial charge in [0, 0.05) is 24.5 Å². The first kappa shape index (κ1) is 19.5. The SMILES string of the molecule is CCCN(C(=S)NC(=O)c1ccccc1)C(c1ccncc1)C1CCCC1. The first-order valence-electron chi connectivity index (χ1n) is 9.77. The lowest BCUT2D eigenvalue weighted by molar-refractivity contribution is 0.0969. The van der Waals surface area contributed by atoms with Crippen molar-refractivity contribution < 1.29 is 4.79 Å². The van der Waals surface area contributed by atoms with E-state index >= 15 is 0 Å². The number of pyridine rings is 1. The summed E-state index contributed by atoms with van der Waals surface area (Å²) >= 11 is 5.71. The van der Waals surface area contributed by atoms with Crippen LogP contribution in [-0.4, -0.2) is 27.4 Å². The predicted octanol–water partition coefficient (Wildman–Crippen LogP) is 4.74. The highest BCUT2D eigenvalue weighted by molar-refractivity contribution is 7.80. The fourth-order valence-corrected chi connectivity index (χ4v) is 4.28. The van der Waals surface area contributed by atoms with Crippen LogP contribution < -0.4 is 5.32 Å². The van der Waals surface area contributed by atoms with Gasteiger partial charge in [0.2, 0.25) is 0 Å². The third-order valence-corrected chi connectivity index (χ3v) is 5.55. The summed E-state index contributed by atoms with van der Waals surface area (Å²) in [5.41, 5.74) is 1.85. The smallest absolute Gasteiger partial charge is 0.257 e. The Morgan fingerprint density at radius 1 is 1.19 bits per heavy atom. The van der Waals surface area contributed by atoms with Crippen LogP contribution >= 0.6 is 12.2 Å². The zero-order chi connectivity index (χ0) is 19.1. The normalized spacial score (nSPS) is 15.3. The predicted molar refractivity (Wildman–Crippen MR) is 112 cm³/mol. The second-order valence-corrected chi connectivity index (χ2v) is 7.48. The van der Waals surface area contributed by atoms with E-state index < -0.39 is 0 Å². The van der Waals surface area contributed by atoms with Gasteiger partial charge in [0.25, 0.3) is 5.91 Å². The van der Waals surface area contributed by atoms with Gasteiger partial charge in [-0.1, -0.05) is 38.0 Å². The van der Waals surface area contributed by atoms with Gasteiger partial charge >= 0.3 is 0 Å². The first-order valence-corrected chi connectivity index (χ1v) is 10.2. The van der Waals surface area contributed by atoms with E-state index in [1.165, 1.54) is 31.2 Å². The number of hydrogen-bond acceptors (Lipinski definition) is 3. The summed E-state index contributed by atoms with van der Waals surface area (Å²) in [7, 11) is 0. The number of amides is 1. The molecule has 1 aliphatic carbocycles. The van der Waals surface area contributed by atoms with E-state index in [0.29, 0.717) is 16.6 Å². The van der Waals surface area contributed by atoms with E-state index in [9.17, 15) is 4.79 Å². The van der Waals surface area contributed by atoms with Gasteiger partial charge in [-0.2, -0.15) is 0 Å². The molecule has 3 rings (SSSR count). The van der Waals surface area contributed by atoms with Crippen molar-refractivity contribution in [1.29, 1.82) is 0 Å². The van der Waals surface area contributed by atoms with E-state index in [4.69, 9.17) is 12.2 Å². The molecule has 0 aliphatic heterocycles. The Kier molecular flexibility index (Phi) is 6.93. The highest BCUT2D eigenvalue weighted by atomic mass is 32.1. The van der Waals surface area contributed by atoms with Gasteiger partial charge in [0.15, 0.2) is 5.11 Å². The average Bonchev–Trinajstić information content (AvgIpc) is 3.23. The van der Waals surface area contributed by atoms with Crippen molar-refractivity contribution in [3.05, 3.63) is 66.0 Å². The van der Waals surface area contributed by atoms with Crippen molar-refractivity contribution in [3.63, 3.8) is 0 Å². The quantitative estimate of drug-likeness (QED) is 0.734. The molecule has 142 valence electrons. The van der Waals surface area contributed by atoms with E-state index in [2.05, 4.69) is 34.3 Å². The summed E-state index contributed by atoms with van der Waals surface area (Å²) < 4.78 is 0. The maximum atomic E-state index is 12.6. The summed E-state index contributed by atoms with van der Waals surface area (Å²) in [6.07, 6.45) is 9.56. The minimum atomic E-state index is -0.151. The minimum Gasteiger partial charge on any atom is -0.342 e. The fraction of sp³-hybridized carbons (Fsp3) is 0.409. The van der Waals surface area contributed by atoms with Crippen LogP contribution in [0, 0.1) is 5.92 Å². The molecule has 1 aliphatic rings. The van der Waals surface area contributed by atoms with Gasteiger partial charge in [-0.05, 0) is 67.2 Å². The average molecular weight is 382 g/mol. The van der Waals surface area contributed by atoms with E-state index in [0.717, 1.165) is 13.0 Å². The molecule has 1 unspecified atom stereocenters. The Morgan fingerprint density at radius 3 is 2.48 bits per heavy atom. The van der Waals surface area contributed by atoms with Crippen LogP contribution in [0.25, 0.3) is 0 Å². The summed E-state index contributed by atoms with van der Waals surface area (Å²) in [4.78, 5) is 19.0. The first-order chi connectivity index (χ1) is 13.2. The number of aromatic nitrogens is 1. The third kappa shape index (κ3) is 4.92. The van der Waals surface area contributed by atoms with Crippen molar-refractivity contribution in [2.45, 2.75) is 45.1 Å². The lowest BCUT2D eigenvalue weighted by Crippen LogP contribution is -2.46. The molecule has 4 nitrogen and oxygen atoms in total. The van der Waals surface area contributed by atoms with Crippen LogP contribution in [-0.2, 0) is 0 Å². The number of rotatable bonds is 6. The monoisotopic (exact) mass is 381 g/mol. The van der Waals surface area contributed by atoms with Gasteiger partial charge in [0.05, 0.1) is 6.04 Å². The molecule has 2 aromatic rings. The summed E-state index contributed by atoms with van der Waals surface area (Å²) in [6.45, 7) is 2.96. The topological polar surface area (TPSA) is 45.2 Å². The maximum Gasteiger partial charge on any atom is 0.257 e. The molecule has 1 aromatic carbocycles. The largest absolute Gasteiger partial charge is 0.342 e. The Hall–Kier alpha value is -2.27. The third-order valence-electron chi connectivity index (χ3n) is 5.21. The van der Waals surface area contributed by atoms with Crippen LogP contribution in [0.4, 0.5) is 0 Å². The van der Waals surface area contributed by atoms with Crippen LogP contribution in [0.3, 0.4) is 0 Å². The maximum absolute atomic E-state index is 12.6. The second kappa shape index (κ2) is 9.60. The Morgan fingerprint density at radius 2 is 1.85 bits per heavy atom. The molecule has 5 heteroatoms. The van der Waals surface area contributed by atoms with Gasteiger partial charge in [-0.15, -0.1) is 0 Å². The molecule has 1 N–H and O–H groups in total. The number of carbonyl (C=O) groups excluding carboxylic acids is 1. The molecule has 1 aromatic heterocycles. The van der Waals surface area contributed by atoms with E-state index in [1.807, 2.05) is 30.6 Å². The molecule has 0 radical (unpaired) electrons. The molecule has 1 fully saturated rings. The molecular formula is C22H27N3OS. The molecule has 0 saturated heterocycles. The molecule has 27 heavy (non-hydrogen) atoms. The van der Waals surface area contributed by atoms with Crippen molar-refractivity contribution in [2.24, 2.45) is 5.92 Å². The van der Waals surface area contributed by atoms with Crippen molar-refractivity contribution in [2.75, 3.05) is 6.54 Å². The van der Waals surface area contributed by atoms with Crippen LogP contribution in [0.2, 0.25) is 0 Å². The fourth-order valence-electron chi connectivity index (χ4n) is 3.98. The minimum absolute atomic E-state index is 0.151. The molecule has 0 bridgehead atoms. The molecule has 0 spiro atoms. The standard InChI is InChI=1S/C22H27N3OS/c1-2-16-25(22(27)24-21(26)19-10-4-3-5-11-19)20(17-8-6-7-9-17)18-12-14-23-15-13-18/h3-5,10-15,17,20H,2,6-9,16H2,1H3,(H,24,26,27). The molecular weight excluding hydrogens is 354 g/mol. The molecule has 1 amide bonds. The number of benzene rings is 1. The Labute approximate surface area is 167 Å². The lowest BCUT2D eigenvalue weighted by Gasteiger charge is -2.37. The van der Waals surface area contributed by atoms with Gasteiger partial charge < -0.3 is 4.90 Å². The molecule has 1 atom stereocenters. The summed E-state index contributed by atoms with van der Waals surface area (Å²) in [6, 6.07) is 13.6. The lowest BCUT2D eigenvalue weighted by atomic mass is 9.90. The second-order valence-electron chi connectivity index (χ2n) is 7.09. The number of hydrogen-bond donors (Lipinski definition) is 1. The van der Waals surface area contributed by atoms with Crippen molar-refractivity contribution >= 4 is 23.2 Å². The number of carbonyl (C=O) groups is 1. The molecule has 1 saturated carbocycles. The van der Waals surface area contributed by atoms with Gasteiger partial charge in [0.1, 0.15) is 0 Å². The number of nitrogens with one attached hydrogen (secondary N) is 1. The van der Waals surface area contributed by atoms with Gasteiger partial charge in [-0.25, -0.2) is 0 Å². The van der Waals surface area contributed by atoms with Crippen LogP contribution in [0.15, 0.2) is 54.9 Å². The van der Waals surface area contributed by atoms with Crippen molar-refractivity contribution in [1.82, 2.24) is 15.2 Å². The zero-order valence-electron chi connectivity index (χ0n) is 15.8. The number of thiocarbonyl (C=S) groups is 1. The highest BCUT2D eigenvalue weighted by Crippen LogP contribution is 2.39. The Balaban J connectivity index is 1.84. The van der Waals surface area contributed by atoms with Crippen LogP contribution in [0.1, 0.15) is 61.0 Å². The Bertz CT molecular complexity index is 745. The van der Waals surface area contributed by atoms with Crippen molar-refractivity contribution in [3.8, 4) is 0 Å². The van der Waals surface area contributed by atoms with E-state index in [1.54, 1.807) is 12.1 Å². The summed E-state index contributed by atoms with van der Waals surface area (Å²) in [5.74, 6) is 0.395. The number of nitrogens with zero attached hydrogens (tertiary/aromatic N) is 2. The van der Waals surface area contributed by atoms with E-state index in [-0.39, 0.29) is 11.9 Å².